The van der Waals surface area contributed by atoms with Gasteiger partial charge >= 0.3 is 5.97 Å². The van der Waals surface area contributed by atoms with Gasteiger partial charge in [0.2, 0.25) is 10.0 Å². The molecule has 0 aromatic carbocycles. The third kappa shape index (κ3) is 4.42. The van der Waals surface area contributed by atoms with Gasteiger partial charge in [-0.1, -0.05) is 0 Å². The number of nitrogens with zero attached hydrogens (tertiary/aromatic N) is 1. The maximum absolute atomic E-state index is 12.5. The van der Waals surface area contributed by atoms with Crippen LogP contribution in [0.5, 0.6) is 0 Å². The highest BCUT2D eigenvalue weighted by molar-refractivity contribution is 7.92. The molecule has 0 aliphatic carbocycles. The van der Waals surface area contributed by atoms with E-state index in [1.165, 1.54) is 18.2 Å². The van der Waals surface area contributed by atoms with Crippen molar-refractivity contribution in [3.63, 3.8) is 0 Å². The second-order valence-electron chi connectivity index (χ2n) is 6.63. The van der Waals surface area contributed by atoms with Gasteiger partial charge in [0.25, 0.3) is 0 Å². The standard InChI is InChI=1S/C13H25NO6S2/c1-10-5-6-11(12(15)16)9-14(10)22(19,20)8-7-13(2,3)21(4,17)18/h10-11H,5-9H2,1-4H3,(H,15,16). The summed E-state index contributed by atoms with van der Waals surface area (Å²) in [6.45, 7) is 4.70. The van der Waals surface area contributed by atoms with E-state index in [4.69, 9.17) is 5.11 Å². The molecular weight excluding hydrogens is 330 g/mol. The smallest absolute Gasteiger partial charge is 0.307 e. The number of rotatable bonds is 6. The molecule has 7 nitrogen and oxygen atoms in total. The van der Waals surface area contributed by atoms with E-state index < -0.39 is 36.5 Å². The lowest BCUT2D eigenvalue weighted by atomic mass is 9.96. The molecule has 22 heavy (non-hydrogen) atoms. The summed E-state index contributed by atoms with van der Waals surface area (Å²) in [4.78, 5) is 11.1. The lowest BCUT2D eigenvalue weighted by molar-refractivity contribution is -0.143. The molecule has 130 valence electrons. The van der Waals surface area contributed by atoms with E-state index >= 15 is 0 Å². The fourth-order valence-corrected chi connectivity index (χ4v) is 5.01. The average molecular weight is 355 g/mol. The van der Waals surface area contributed by atoms with Gasteiger partial charge in [0.05, 0.1) is 16.4 Å². The molecule has 1 aliphatic heterocycles. The van der Waals surface area contributed by atoms with E-state index in [0.29, 0.717) is 12.8 Å². The summed E-state index contributed by atoms with van der Waals surface area (Å²) in [5.41, 5.74) is 0. The van der Waals surface area contributed by atoms with Crippen molar-refractivity contribution in [1.29, 1.82) is 0 Å². The summed E-state index contributed by atoms with van der Waals surface area (Å²) >= 11 is 0. The van der Waals surface area contributed by atoms with Crippen molar-refractivity contribution in [2.45, 2.75) is 50.8 Å². The molecule has 2 unspecified atom stereocenters. The van der Waals surface area contributed by atoms with Crippen molar-refractivity contribution in [3.05, 3.63) is 0 Å². The zero-order valence-corrected chi connectivity index (χ0v) is 15.1. The van der Waals surface area contributed by atoms with E-state index in [9.17, 15) is 21.6 Å². The lowest BCUT2D eigenvalue weighted by Gasteiger charge is -2.36. The van der Waals surface area contributed by atoms with Crippen LogP contribution in [0.3, 0.4) is 0 Å². The molecule has 0 radical (unpaired) electrons. The Morgan fingerprint density at radius 3 is 2.23 bits per heavy atom. The maximum Gasteiger partial charge on any atom is 0.307 e. The van der Waals surface area contributed by atoms with Crippen LogP contribution in [0, 0.1) is 5.92 Å². The van der Waals surface area contributed by atoms with Crippen LogP contribution in [0.25, 0.3) is 0 Å². The van der Waals surface area contributed by atoms with Gasteiger partial charge in [-0.15, -0.1) is 0 Å². The van der Waals surface area contributed by atoms with Gasteiger partial charge < -0.3 is 5.11 Å². The van der Waals surface area contributed by atoms with Crippen LogP contribution in [-0.2, 0) is 24.7 Å². The van der Waals surface area contributed by atoms with Crippen LogP contribution in [-0.4, -0.2) is 61.6 Å². The van der Waals surface area contributed by atoms with Crippen LogP contribution >= 0.6 is 0 Å². The van der Waals surface area contributed by atoms with Crippen molar-refractivity contribution in [2.24, 2.45) is 5.92 Å². The third-order valence-electron chi connectivity index (χ3n) is 4.50. The van der Waals surface area contributed by atoms with E-state index in [-0.39, 0.29) is 24.8 Å². The number of carboxylic acid groups (broad SMARTS) is 1. The Hall–Kier alpha value is -0.670. The Morgan fingerprint density at radius 2 is 1.77 bits per heavy atom. The largest absolute Gasteiger partial charge is 0.481 e. The zero-order chi connectivity index (χ0) is 17.3. The van der Waals surface area contributed by atoms with Crippen molar-refractivity contribution in [1.82, 2.24) is 4.31 Å². The SMILES string of the molecule is CC1CCC(C(=O)O)CN1S(=O)(=O)CCC(C)(C)S(C)(=O)=O. The monoisotopic (exact) mass is 355 g/mol. The molecule has 1 heterocycles. The van der Waals surface area contributed by atoms with Crippen LogP contribution in [0.2, 0.25) is 0 Å². The molecule has 1 saturated heterocycles. The minimum absolute atomic E-state index is 0.0187. The molecule has 0 bridgehead atoms. The first kappa shape index (κ1) is 19.4. The summed E-state index contributed by atoms with van der Waals surface area (Å²) in [6, 6.07) is -0.262. The molecule has 0 amide bonds. The molecule has 0 spiro atoms. The van der Waals surface area contributed by atoms with Gasteiger partial charge in [-0.3, -0.25) is 4.79 Å². The Labute approximate surface area is 132 Å². The van der Waals surface area contributed by atoms with Crippen molar-refractivity contribution < 1.29 is 26.7 Å². The molecule has 1 aliphatic rings. The molecule has 1 fully saturated rings. The summed E-state index contributed by atoms with van der Waals surface area (Å²) in [5, 5.41) is 9.07. The summed E-state index contributed by atoms with van der Waals surface area (Å²) in [5.74, 6) is -2.00. The highest BCUT2D eigenvalue weighted by atomic mass is 32.2. The molecule has 0 aromatic rings. The third-order valence-corrected chi connectivity index (χ3v) is 8.65. The molecule has 1 rings (SSSR count). The fraction of sp³-hybridized carbons (Fsp3) is 0.923. The van der Waals surface area contributed by atoms with Crippen LogP contribution in [0.15, 0.2) is 0 Å². The number of hydrogen-bond donors (Lipinski definition) is 1. The second-order valence-corrected chi connectivity index (χ2v) is 11.3. The normalized spacial score (nSPS) is 25.1. The summed E-state index contributed by atoms with van der Waals surface area (Å²) in [6.07, 6.45) is 2.02. The number of carbonyl (C=O) groups is 1. The van der Waals surface area contributed by atoms with Crippen LogP contribution in [0.4, 0.5) is 0 Å². The molecule has 2 atom stereocenters. The van der Waals surface area contributed by atoms with Crippen LogP contribution < -0.4 is 0 Å². The zero-order valence-electron chi connectivity index (χ0n) is 13.4. The number of hydrogen-bond acceptors (Lipinski definition) is 5. The minimum atomic E-state index is -3.69. The molecule has 1 N–H and O–H groups in total. The maximum atomic E-state index is 12.5. The molecule has 0 saturated carbocycles. The molecule has 0 aromatic heterocycles. The predicted octanol–water partition coefficient (Wildman–Crippen LogP) is 0.715. The number of piperidine rings is 1. The first-order valence-electron chi connectivity index (χ1n) is 7.20. The Bertz CT molecular complexity index is 623. The van der Waals surface area contributed by atoms with Gasteiger partial charge in [-0.05, 0) is 40.0 Å². The number of carboxylic acids is 1. The Balaban J connectivity index is 2.87. The first-order chi connectivity index (χ1) is 9.78. The first-order valence-corrected chi connectivity index (χ1v) is 10.7. The highest BCUT2D eigenvalue weighted by Gasteiger charge is 2.38. The van der Waals surface area contributed by atoms with Gasteiger partial charge in [0.15, 0.2) is 9.84 Å². The molecular formula is C13H25NO6S2. The minimum Gasteiger partial charge on any atom is -0.481 e. The van der Waals surface area contributed by atoms with Gasteiger partial charge in [0.1, 0.15) is 0 Å². The number of sulfone groups is 1. The summed E-state index contributed by atoms with van der Waals surface area (Å²) in [7, 11) is -7.06. The van der Waals surface area contributed by atoms with E-state index in [1.807, 2.05) is 0 Å². The Kier molecular flexibility index (Phi) is 5.68. The summed E-state index contributed by atoms with van der Waals surface area (Å²) < 4.78 is 48.4. The highest BCUT2D eigenvalue weighted by Crippen LogP contribution is 2.27. The molecule has 9 heteroatoms. The van der Waals surface area contributed by atoms with E-state index in [0.717, 1.165) is 6.26 Å². The predicted molar refractivity (Wildman–Crippen MR) is 83.9 cm³/mol. The van der Waals surface area contributed by atoms with E-state index in [1.54, 1.807) is 6.92 Å². The van der Waals surface area contributed by atoms with Crippen molar-refractivity contribution >= 4 is 25.8 Å². The van der Waals surface area contributed by atoms with Crippen molar-refractivity contribution in [2.75, 3.05) is 18.6 Å². The second kappa shape index (κ2) is 6.45. The average Bonchev–Trinajstić information content (AvgIpc) is 2.35. The van der Waals surface area contributed by atoms with Gasteiger partial charge in [0, 0.05) is 18.8 Å². The van der Waals surface area contributed by atoms with E-state index in [2.05, 4.69) is 0 Å². The van der Waals surface area contributed by atoms with Crippen molar-refractivity contribution in [3.8, 4) is 0 Å². The van der Waals surface area contributed by atoms with Crippen LogP contribution in [0.1, 0.15) is 40.0 Å². The van der Waals surface area contributed by atoms with Gasteiger partial charge in [-0.2, -0.15) is 4.31 Å². The lowest BCUT2D eigenvalue weighted by Crippen LogP contribution is -2.48. The number of aliphatic carboxylic acids is 1. The quantitative estimate of drug-likeness (QED) is 0.752. The topological polar surface area (TPSA) is 109 Å². The number of sulfonamides is 1. The van der Waals surface area contributed by atoms with Gasteiger partial charge in [-0.25, -0.2) is 16.8 Å². The fourth-order valence-electron chi connectivity index (χ4n) is 2.34. The Morgan fingerprint density at radius 1 is 1.23 bits per heavy atom.